The number of rotatable bonds is 7. The predicted octanol–water partition coefficient (Wildman–Crippen LogP) is 4.68. The average molecular weight is 490 g/mol. The molecule has 1 aromatic carbocycles. The molecule has 1 aromatic rings. The molecule has 0 aliphatic carbocycles. The van der Waals surface area contributed by atoms with Gasteiger partial charge in [-0.25, -0.2) is 8.78 Å². The molecule has 0 amide bonds. The van der Waals surface area contributed by atoms with Gasteiger partial charge >= 0.3 is 24.6 Å². The van der Waals surface area contributed by atoms with Crippen molar-refractivity contribution in [2.45, 2.75) is 41.8 Å². The van der Waals surface area contributed by atoms with Crippen molar-refractivity contribution in [1.29, 1.82) is 0 Å². The minimum absolute atomic E-state index is 0.0576. The quantitative estimate of drug-likeness (QED) is 0.444. The number of hydrogen-bond acceptors (Lipinski definition) is 4. The van der Waals surface area contributed by atoms with Crippen LogP contribution in [0.2, 0.25) is 0 Å². The van der Waals surface area contributed by atoms with E-state index in [-0.39, 0.29) is 12.1 Å². The van der Waals surface area contributed by atoms with Crippen LogP contribution in [0.5, 0.6) is 11.5 Å². The normalized spacial score (nSPS) is 16.2. The maximum absolute atomic E-state index is 13.3. The van der Waals surface area contributed by atoms with Crippen LogP contribution in [0.4, 0.5) is 52.7 Å². The van der Waals surface area contributed by atoms with Crippen LogP contribution in [0.1, 0.15) is 0 Å². The zero-order valence-electron chi connectivity index (χ0n) is 13.4. The van der Waals surface area contributed by atoms with E-state index >= 15 is 0 Å². The van der Waals surface area contributed by atoms with Gasteiger partial charge in [-0.1, -0.05) is 0 Å². The summed E-state index contributed by atoms with van der Waals surface area (Å²) in [4.78, 5) is -2.03. The van der Waals surface area contributed by atoms with Crippen LogP contribution in [-0.4, -0.2) is 49.9 Å². The Hall–Kier alpha value is -2.11. The highest BCUT2D eigenvalue weighted by Gasteiger charge is 2.60. The molecule has 5 nitrogen and oxygen atoms in total. The van der Waals surface area contributed by atoms with Gasteiger partial charge in [-0.05, 0) is 12.1 Å². The molecule has 0 fully saturated rings. The molecule has 2 unspecified atom stereocenters. The molecule has 0 aliphatic heterocycles. The fourth-order valence-electron chi connectivity index (χ4n) is 1.63. The first-order valence-corrected chi connectivity index (χ1v) is 8.20. The minimum atomic E-state index is -6.21. The second kappa shape index (κ2) is 7.86. The lowest BCUT2D eigenvalue weighted by Gasteiger charge is -2.25. The van der Waals surface area contributed by atoms with Crippen LogP contribution in [0.15, 0.2) is 23.1 Å². The van der Waals surface area contributed by atoms with Gasteiger partial charge in [0.2, 0.25) is 0 Å². The molecule has 18 heteroatoms. The standard InChI is InChI=1S/C12H6F12O5S/c13-7(9(15,16)17)11(21,22)28-4-1-2-5(6(3-4)30(25,26)27)29-12(23,24)8(14)10(18,19)20/h1-3,7-8H,(H,25,26,27). The summed E-state index contributed by atoms with van der Waals surface area (Å²) in [6.07, 6.45) is -33.8. The van der Waals surface area contributed by atoms with Gasteiger partial charge in [0.15, 0.2) is 0 Å². The summed E-state index contributed by atoms with van der Waals surface area (Å²) in [6, 6.07) is -0.650. The van der Waals surface area contributed by atoms with Crippen molar-refractivity contribution in [3.8, 4) is 11.5 Å². The fourth-order valence-corrected chi connectivity index (χ4v) is 2.26. The van der Waals surface area contributed by atoms with Crippen molar-refractivity contribution < 1.29 is 75.1 Å². The smallest absolute Gasteiger partial charge is 0.430 e. The summed E-state index contributed by atoms with van der Waals surface area (Å²) in [7, 11) is -5.80. The van der Waals surface area contributed by atoms with Crippen molar-refractivity contribution in [3.63, 3.8) is 0 Å². The van der Waals surface area contributed by atoms with Gasteiger partial charge in [0, 0.05) is 6.07 Å². The molecule has 0 saturated heterocycles. The zero-order valence-corrected chi connectivity index (χ0v) is 14.2. The van der Waals surface area contributed by atoms with Gasteiger partial charge in [-0.15, -0.1) is 0 Å². The lowest BCUT2D eigenvalue weighted by molar-refractivity contribution is -0.307. The summed E-state index contributed by atoms with van der Waals surface area (Å²) < 4.78 is 188. The Morgan fingerprint density at radius 2 is 1.17 bits per heavy atom. The molecule has 0 aliphatic rings. The first kappa shape index (κ1) is 25.9. The van der Waals surface area contributed by atoms with E-state index in [9.17, 15) is 61.1 Å². The molecule has 30 heavy (non-hydrogen) atoms. The Labute approximate surface area is 157 Å². The van der Waals surface area contributed by atoms with Crippen LogP contribution in [0.25, 0.3) is 0 Å². The van der Waals surface area contributed by atoms with Crippen LogP contribution in [-0.2, 0) is 10.1 Å². The molecule has 0 radical (unpaired) electrons. The van der Waals surface area contributed by atoms with E-state index in [1.54, 1.807) is 0 Å². The topological polar surface area (TPSA) is 72.8 Å². The minimum Gasteiger partial charge on any atom is -0.430 e. The molecular formula is C12H6F12O5S. The molecular weight excluding hydrogens is 484 g/mol. The SMILES string of the molecule is O=S(=O)(O)c1cc(OC(F)(F)C(F)C(F)(F)F)ccc1OC(F)(F)C(F)C(F)(F)F. The highest BCUT2D eigenvalue weighted by Crippen LogP contribution is 2.41. The van der Waals surface area contributed by atoms with Crippen molar-refractivity contribution in [3.05, 3.63) is 18.2 Å². The maximum atomic E-state index is 13.3. The third kappa shape index (κ3) is 6.19. The highest BCUT2D eigenvalue weighted by molar-refractivity contribution is 7.86. The van der Waals surface area contributed by atoms with E-state index in [1.165, 1.54) is 0 Å². The lowest BCUT2D eigenvalue weighted by atomic mass is 10.3. The van der Waals surface area contributed by atoms with Gasteiger partial charge in [0.05, 0.1) is 0 Å². The predicted molar refractivity (Wildman–Crippen MR) is 69.3 cm³/mol. The highest BCUT2D eigenvalue weighted by atomic mass is 32.2. The number of halogens is 12. The summed E-state index contributed by atoms with van der Waals surface area (Å²) >= 11 is 0. The largest absolute Gasteiger partial charge is 0.439 e. The summed E-state index contributed by atoms with van der Waals surface area (Å²) in [5.74, 6) is -3.61. The molecule has 0 aromatic heterocycles. The van der Waals surface area contributed by atoms with Crippen molar-refractivity contribution in [2.24, 2.45) is 0 Å². The lowest BCUT2D eigenvalue weighted by Crippen LogP contribution is -2.46. The van der Waals surface area contributed by atoms with E-state index in [0.717, 1.165) is 0 Å². The van der Waals surface area contributed by atoms with Gasteiger partial charge in [-0.2, -0.15) is 52.3 Å². The van der Waals surface area contributed by atoms with Gasteiger partial charge in [0.1, 0.15) is 16.4 Å². The summed E-state index contributed by atoms with van der Waals surface area (Å²) in [5, 5.41) is 0. The monoisotopic (exact) mass is 490 g/mol. The van der Waals surface area contributed by atoms with Crippen LogP contribution >= 0.6 is 0 Å². The number of hydrogen-bond donors (Lipinski definition) is 1. The molecule has 0 heterocycles. The molecule has 174 valence electrons. The maximum Gasteiger partial charge on any atom is 0.439 e. The zero-order chi connectivity index (χ0) is 23.9. The van der Waals surface area contributed by atoms with Crippen LogP contribution in [0.3, 0.4) is 0 Å². The van der Waals surface area contributed by atoms with Gasteiger partial charge in [-0.3, -0.25) is 4.55 Å². The van der Waals surface area contributed by atoms with Gasteiger partial charge in [0.25, 0.3) is 22.5 Å². The fraction of sp³-hybridized carbons (Fsp3) is 0.500. The van der Waals surface area contributed by atoms with Crippen molar-refractivity contribution in [2.75, 3.05) is 0 Å². The molecule has 0 bridgehead atoms. The van der Waals surface area contributed by atoms with Crippen molar-refractivity contribution >= 4 is 10.1 Å². The molecule has 1 N–H and O–H groups in total. The van der Waals surface area contributed by atoms with E-state index < -0.39 is 69.5 Å². The van der Waals surface area contributed by atoms with E-state index in [1.807, 2.05) is 0 Å². The summed E-state index contributed by atoms with van der Waals surface area (Å²) in [6.45, 7) is 0. The Bertz CT molecular complexity index is 863. The third-order valence-electron chi connectivity index (χ3n) is 2.86. The molecule has 0 saturated carbocycles. The van der Waals surface area contributed by atoms with Crippen molar-refractivity contribution in [1.82, 2.24) is 0 Å². The second-order valence-corrected chi connectivity index (χ2v) is 6.61. The first-order chi connectivity index (χ1) is 13.1. The Morgan fingerprint density at radius 3 is 1.53 bits per heavy atom. The average Bonchev–Trinajstić information content (AvgIpc) is 2.51. The number of benzene rings is 1. The van der Waals surface area contributed by atoms with Gasteiger partial charge < -0.3 is 9.47 Å². The Kier molecular flexibility index (Phi) is 6.79. The Morgan fingerprint density at radius 1 is 0.767 bits per heavy atom. The third-order valence-corrected chi connectivity index (χ3v) is 3.73. The van der Waals surface area contributed by atoms with Crippen LogP contribution < -0.4 is 9.47 Å². The number of ether oxygens (including phenoxy) is 2. The molecule has 2 atom stereocenters. The molecule has 1 rings (SSSR count). The second-order valence-electron chi connectivity index (χ2n) is 5.22. The van der Waals surface area contributed by atoms with E-state index in [4.69, 9.17) is 4.55 Å². The van der Waals surface area contributed by atoms with Crippen LogP contribution in [0, 0.1) is 0 Å². The first-order valence-electron chi connectivity index (χ1n) is 6.76. The number of alkyl halides is 12. The van der Waals surface area contributed by atoms with E-state index in [2.05, 4.69) is 9.47 Å². The molecule has 0 spiro atoms. The summed E-state index contributed by atoms with van der Waals surface area (Å²) in [5.41, 5.74) is 0. The van der Waals surface area contributed by atoms with E-state index in [0.29, 0.717) is 0 Å². The Balaban J connectivity index is 3.36.